The molecule has 1 fully saturated rings. The van der Waals surface area contributed by atoms with Crippen molar-refractivity contribution >= 4 is 0 Å². The molecule has 2 N–H and O–H groups in total. The van der Waals surface area contributed by atoms with Gasteiger partial charge in [0.2, 0.25) is 0 Å². The summed E-state index contributed by atoms with van der Waals surface area (Å²) in [5.41, 5.74) is 0. The van der Waals surface area contributed by atoms with Crippen molar-refractivity contribution in [2.75, 3.05) is 19.6 Å². The van der Waals surface area contributed by atoms with Crippen molar-refractivity contribution in [1.82, 2.24) is 10.6 Å². The van der Waals surface area contributed by atoms with E-state index in [0.717, 1.165) is 24.9 Å². The van der Waals surface area contributed by atoms with Gasteiger partial charge in [0.1, 0.15) is 0 Å². The summed E-state index contributed by atoms with van der Waals surface area (Å²) in [5, 5.41) is 7.12. The van der Waals surface area contributed by atoms with E-state index in [1.54, 1.807) is 0 Å². The van der Waals surface area contributed by atoms with Crippen LogP contribution >= 0.6 is 0 Å². The Hall–Kier alpha value is -0.0800. The number of hydrogen-bond acceptors (Lipinski definition) is 2. The molecule has 1 saturated carbocycles. The summed E-state index contributed by atoms with van der Waals surface area (Å²) in [6.45, 7) is 10.2. The fraction of sp³-hybridized carbons (Fsp3) is 1.00. The predicted octanol–water partition coefficient (Wildman–Crippen LogP) is 2.79. The smallest absolute Gasteiger partial charge is 0.0164 e. The summed E-state index contributed by atoms with van der Waals surface area (Å²) >= 11 is 0. The van der Waals surface area contributed by atoms with E-state index >= 15 is 0 Å². The normalized spacial score (nSPS) is 19.5. The van der Waals surface area contributed by atoms with E-state index in [1.807, 2.05) is 0 Å². The molecule has 16 heavy (non-hydrogen) atoms. The molecule has 1 aliphatic carbocycles. The Balaban J connectivity index is 1.91. The van der Waals surface area contributed by atoms with Crippen molar-refractivity contribution in [2.24, 2.45) is 11.8 Å². The molecule has 1 unspecified atom stereocenters. The van der Waals surface area contributed by atoms with Gasteiger partial charge < -0.3 is 10.6 Å². The van der Waals surface area contributed by atoms with Gasteiger partial charge >= 0.3 is 0 Å². The topological polar surface area (TPSA) is 24.1 Å². The van der Waals surface area contributed by atoms with E-state index in [2.05, 4.69) is 31.4 Å². The monoisotopic (exact) mass is 226 g/mol. The van der Waals surface area contributed by atoms with E-state index in [4.69, 9.17) is 0 Å². The molecular formula is C14H30N2. The van der Waals surface area contributed by atoms with Crippen LogP contribution in [-0.2, 0) is 0 Å². The van der Waals surface area contributed by atoms with Gasteiger partial charge in [-0.15, -0.1) is 0 Å². The fourth-order valence-corrected chi connectivity index (χ4v) is 2.49. The molecule has 0 aromatic heterocycles. The van der Waals surface area contributed by atoms with Crippen LogP contribution < -0.4 is 10.6 Å². The SMILES string of the molecule is CC(C)CNCC(C)NCCC1CCCC1. The largest absolute Gasteiger partial charge is 0.315 e. The van der Waals surface area contributed by atoms with Gasteiger partial charge in [0.05, 0.1) is 0 Å². The third-order valence-corrected chi connectivity index (χ3v) is 3.52. The van der Waals surface area contributed by atoms with Crippen LogP contribution in [0.1, 0.15) is 52.9 Å². The number of nitrogens with one attached hydrogen (secondary N) is 2. The molecule has 1 rings (SSSR count). The zero-order valence-corrected chi connectivity index (χ0v) is 11.4. The van der Waals surface area contributed by atoms with E-state index < -0.39 is 0 Å². The van der Waals surface area contributed by atoms with Gasteiger partial charge in [-0.1, -0.05) is 39.5 Å². The van der Waals surface area contributed by atoms with Crippen LogP contribution in [0.15, 0.2) is 0 Å². The van der Waals surface area contributed by atoms with Crippen molar-refractivity contribution in [1.29, 1.82) is 0 Å². The van der Waals surface area contributed by atoms with Crippen LogP contribution in [0, 0.1) is 11.8 Å². The Morgan fingerprint density at radius 2 is 1.75 bits per heavy atom. The minimum atomic E-state index is 0.611. The molecule has 1 aliphatic rings. The maximum atomic E-state index is 3.62. The fourth-order valence-electron chi connectivity index (χ4n) is 2.49. The molecule has 0 saturated heterocycles. The molecular weight excluding hydrogens is 196 g/mol. The summed E-state index contributed by atoms with van der Waals surface area (Å²) in [4.78, 5) is 0. The van der Waals surface area contributed by atoms with Crippen molar-refractivity contribution in [3.05, 3.63) is 0 Å². The van der Waals surface area contributed by atoms with Gasteiger partial charge in [0.25, 0.3) is 0 Å². The Morgan fingerprint density at radius 1 is 1.06 bits per heavy atom. The first-order chi connectivity index (χ1) is 7.68. The Labute approximate surface area is 102 Å². The molecule has 2 nitrogen and oxygen atoms in total. The molecule has 96 valence electrons. The summed E-state index contributed by atoms with van der Waals surface area (Å²) in [6, 6.07) is 0.611. The van der Waals surface area contributed by atoms with Crippen LogP contribution in [0.4, 0.5) is 0 Å². The van der Waals surface area contributed by atoms with Crippen molar-refractivity contribution in [2.45, 2.75) is 58.9 Å². The standard InChI is InChI=1S/C14H30N2/c1-12(2)10-15-11-13(3)16-9-8-14-6-4-5-7-14/h12-16H,4-11H2,1-3H3. The molecule has 0 spiro atoms. The highest BCUT2D eigenvalue weighted by Crippen LogP contribution is 2.26. The quantitative estimate of drug-likeness (QED) is 0.665. The van der Waals surface area contributed by atoms with Crippen molar-refractivity contribution < 1.29 is 0 Å². The minimum absolute atomic E-state index is 0.611. The zero-order chi connectivity index (χ0) is 11.8. The van der Waals surface area contributed by atoms with Crippen LogP contribution in [-0.4, -0.2) is 25.7 Å². The molecule has 0 radical (unpaired) electrons. The molecule has 0 heterocycles. The zero-order valence-electron chi connectivity index (χ0n) is 11.4. The summed E-state index contributed by atoms with van der Waals surface area (Å²) < 4.78 is 0. The van der Waals surface area contributed by atoms with Gasteiger partial charge in [-0.25, -0.2) is 0 Å². The van der Waals surface area contributed by atoms with Crippen LogP contribution in [0.25, 0.3) is 0 Å². The highest BCUT2D eigenvalue weighted by Gasteiger charge is 2.14. The lowest BCUT2D eigenvalue weighted by Gasteiger charge is -2.17. The van der Waals surface area contributed by atoms with Gasteiger partial charge in [0.15, 0.2) is 0 Å². The average molecular weight is 226 g/mol. The molecule has 0 bridgehead atoms. The second-order valence-corrected chi connectivity index (χ2v) is 5.85. The van der Waals surface area contributed by atoms with Crippen molar-refractivity contribution in [3.8, 4) is 0 Å². The van der Waals surface area contributed by atoms with E-state index in [-0.39, 0.29) is 0 Å². The lowest BCUT2D eigenvalue weighted by molar-refractivity contribution is 0.429. The highest BCUT2D eigenvalue weighted by molar-refractivity contribution is 4.70. The summed E-state index contributed by atoms with van der Waals surface area (Å²) in [5.74, 6) is 1.77. The van der Waals surface area contributed by atoms with Crippen molar-refractivity contribution in [3.63, 3.8) is 0 Å². The third kappa shape index (κ3) is 6.49. The summed E-state index contributed by atoms with van der Waals surface area (Å²) in [6.07, 6.45) is 7.27. The lowest BCUT2D eigenvalue weighted by Crippen LogP contribution is -2.38. The van der Waals surface area contributed by atoms with E-state index in [0.29, 0.717) is 6.04 Å². The first-order valence-corrected chi connectivity index (χ1v) is 7.12. The summed E-state index contributed by atoms with van der Waals surface area (Å²) in [7, 11) is 0. The highest BCUT2D eigenvalue weighted by atomic mass is 15.0. The molecule has 0 amide bonds. The second-order valence-electron chi connectivity index (χ2n) is 5.85. The van der Waals surface area contributed by atoms with Crippen LogP contribution in [0.2, 0.25) is 0 Å². The molecule has 2 heteroatoms. The van der Waals surface area contributed by atoms with Crippen LogP contribution in [0.5, 0.6) is 0 Å². The Bertz CT molecular complexity index is 162. The van der Waals surface area contributed by atoms with Crippen LogP contribution in [0.3, 0.4) is 0 Å². The molecule has 0 aromatic rings. The van der Waals surface area contributed by atoms with Gasteiger partial charge in [0, 0.05) is 12.6 Å². The minimum Gasteiger partial charge on any atom is -0.315 e. The number of rotatable bonds is 8. The predicted molar refractivity (Wildman–Crippen MR) is 71.7 cm³/mol. The molecule has 0 aliphatic heterocycles. The number of hydrogen-bond donors (Lipinski definition) is 2. The van der Waals surface area contributed by atoms with Gasteiger partial charge in [-0.3, -0.25) is 0 Å². The van der Waals surface area contributed by atoms with Gasteiger partial charge in [-0.2, -0.15) is 0 Å². The average Bonchev–Trinajstić information content (AvgIpc) is 2.70. The second kappa shape index (κ2) is 8.08. The third-order valence-electron chi connectivity index (χ3n) is 3.52. The van der Waals surface area contributed by atoms with E-state index in [1.165, 1.54) is 38.6 Å². The molecule has 0 aromatic carbocycles. The first kappa shape index (κ1) is 14.0. The maximum Gasteiger partial charge on any atom is 0.0164 e. The Morgan fingerprint density at radius 3 is 2.38 bits per heavy atom. The molecule has 1 atom stereocenters. The van der Waals surface area contributed by atoms with Gasteiger partial charge in [-0.05, 0) is 38.3 Å². The lowest BCUT2D eigenvalue weighted by atomic mass is 10.0. The van der Waals surface area contributed by atoms with E-state index in [9.17, 15) is 0 Å². The first-order valence-electron chi connectivity index (χ1n) is 7.12. The Kier molecular flexibility index (Phi) is 7.06. The maximum absolute atomic E-state index is 3.62.